The summed E-state index contributed by atoms with van der Waals surface area (Å²) >= 11 is 0. The van der Waals surface area contributed by atoms with E-state index in [1.165, 1.54) is 25.9 Å². The molecule has 0 bridgehead atoms. The Kier molecular flexibility index (Phi) is 10.7. The van der Waals surface area contributed by atoms with Gasteiger partial charge in [-0.25, -0.2) is 0 Å². The Balaban J connectivity index is 0.00000324. The first-order valence-corrected chi connectivity index (χ1v) is 7.36. The summed E-state index contributed by atoms with van der Waals surface area (Å²) in [5.41, 5.74) is 0. The molecular formula is C14H31IN4. The van der Waals surface area contributed by atoms with Crippen molar-refractivity contribution in [3.63, 3.8) is 0 Å². The first kappa shape index (κ1) is 19.0. The van der Waals surface area contributed by atoms with Crippen molar-refractivity contribution >= 4 is 29.9 Å². The SMILES string of the molecule is CCCNC(=NC)NCC1CCCN(C(C)C)C1.I. The molecular weight excluding hydrogens is 351 g/mol. The quantitative estimate of drug-likeness (QED) is 0.436. The Hall–Kier alpha value is -0.0400. The summed E-state index contributed by atoms with van der Waals surface area (Å²) in [5.74, 6) is 1.69. The molecule has 0 saturated carbocycles. The molecule has 0 radical (unpaired) electrons. The fourth-order valence-electron chi connectivity index (χ4n) is 2.44. The topological polar surface area (TPSA) is 39.7 Å². The number of aliphatic imine (C=N–C) groups is 1. The summed E-state index contributed by atoms with van der Waals surface area (Å²) in [7, 11) is 1.84. The van der Waals surface area contributed by atoms with Crippen LogP contribution in [0.4, 0.5) is 0 Å². The van der Waals surface area contributed by atoms with Gasteiger partial charge in [0.25, 0.3) is 0 Å². The highest BCUT2D eigenvalue weighted by Gasteiger charge is 2.21. The molecule has 5 heteroatoms. The van der Waals surface area contributed by atoms with Crippen molar-refractivity contribution in [2.24, 2.45) is 10.9 Å². The molecule has 0 aromatic carbocycles. The van der Waals surface area contributed by atoms with Gasteiger partial charge in [0.1, 0.15) is 0 Å². The zero-order chi connectivity index (χ0) is 13.4. The Morgan fingerprint density at radius 3 is 2.68 bits per heavy atom. The van der Waals surface area contributed by atoms with Crippen molar-refractivity contribution in [1.29, 1.82) is 0 Å². The summed E-state index contributed by atoms with van der Waals surface area (Å²) in [6.45, 7) is 11.2. The molecule has 0 spiro atoms. The van der Waals surface area contributed by atoms with Crippen LogP contribution in [0.3, 0.4) is 0 Å². The third kappa shape index (κ3) is 7.34. The molecule has 0 aromatic rings. The van der Waals surface area contributed by atoms with E-state index in [1.807, 2.05) is 7.05 Å². The van der Waals surface area contributed by atoms with Crippen molar-refractivity contribution in [2.75, 3.05) is 33.2 Å². The third-order valence-corrected chi connectivity index (χ3v) is 3.60. The molecule has 1 fully saturated rings. The van der Waals surface area contributed by atoms with Crippen LogP contribution in [0.1, 0.15) is 40.0 Å². The van der Waals surface area contributed by atoms with Crippen molar-refractivity contribution in [3.05, 3.63) is 0 Å². The highest BCUT2D eigenvalue weighted by atomic mass is 127. The summed E-state index contributed by atoms with van der Waals surface area (Å²) in [6, 6.07) is 0.672. The Bertz CT molecular complexity index is 256. The second kappa shape index (κ2) is 10.7. The molecule has 1 unspecified atom stereocenters. The van der Waals surface area contributed by atoms with E-state index in [0.29, 0.717) is 6.04 Å². The number of likely N-dealkylation sites (tertiary alicyclic amines) is 1. The predicted octanol–water partition coefficient (Wildman–Crippen LogP) is 2.30. The largest absolute Gasteiger partial charge is 0.356 e. The lowest BCUT2D eigenvalue weighted by molar-refractivity contribution is 0.141. The van der Waals surface area contributed by atoms with Crippen LogP contribution in [-0.4, -0.2) is 50.1 Å². The van der Waals surface area contributed by atoms with Crippen LogP contribution in [0, 0.1) is 5.92 Å². The molecule has 4 nitrogen and oxygen atoms in total. The van der Waals surface area contributed by atoms with Crippen LogP contribution in [0.5, 0.6) is 0 Å². The summed E-state index contributed by atoms with van der Waals surface area (Å²) in [6.07, 6.45) is 3.79. The number of nitrogens with one attached hydrogen (secondary N) is 2. The van der Waals surface area contributed by atoms with Gasteiger partial charge >= 0.3 is 0 Å². The lowest BCUT2D eigenvalue weighted by Gasteiger charge is -2.35. The van der Waals surface area contributed by atoms with E-state index >= 15 is 0 Å². The van der Waals surface area contributed by atoms with Crippen molar-refractivity contribution < 1.29 is 0 Å². The van der Waals surface area contributed by atoms with Gasteiger partial charge in [0.2, 0.25) is 0 Å². The molecule has 114 valence electrons. The highest BCUT2D eigenvalue weighted by Crippen LogP contribution is 2.17. The van der Waals surface area contributed by atoms with E-state index in [4.69, 9.17) is 0 Å². The van der Waals surface area contributed by atoms with Crippen LogP contribution >= 0.6 is 24.0 Å². The zero-order valence-electron chi connectivity index (χ0n) is 12.9. The summed E-state index contributed by atoms with van der Waals surface area (Å²) in [4.78, 5) is 6.83. The van der Waals surface area contributed by atoms with Gasteiger partial charge in [-0.3, -0.25) is 4.99 Å². The van der Waals surface area contributed by atoms with Crippen molar-refractivity contribution in [2.45, 2.75) is 46.1 Å². The first-order chi connectivity index (χ1) is 8.67. The predicted molar refractivity (Wildman–Crippen MR) is 94.5 cm³/mol. The molecule has 0 amide bonds. The minimum Gasteiger partial charge on any atom is -0.356 e. The van der Waals surface area contributed by atoms with Gasteiger partial charge in [-0.2, -0.15) is 0 Å². The van der Waals surface area contributed by atoms with E-state index in [0.717, 1.165) is 31.4 Å². The number of hydrogen-bond acceptors (Lipinski definition) is 2. The average molecular weight is 382 g/mol. The molecule has 0 aromatic heterocycles. The number of hydrogen-bond donors (Lipinski definition) is 2. The van der Waals surface area contributed by atoms with Crippen LogP contribution in [0.25, 0.3) is 0 Å². The fraction of sp³-hybridized carbons (Fsp3) is 0.929. The van der Waals surface area contributed by atoms with Crippen LogP contribution in [0.2, 0.25) is 0 Å². The zero-order valence-corrected chi connectivity index (χ0v) is 15.2. The van der Waals surface area contributed by atoms with Gasteiger partial charge < -0.3 is 15.5 Å². The number of piperidine rings is 1. The van der Waals surface area contributed by atoms with E-state index in [-0.39, 0.29) is 24.0 Å². The average Bonchev–Trinajstić information content (AvgIpc) is 2.39. The molecule has 0 aliphatic carbocycles. The van der Waals surface area contributed by atoms with Crippen molar-refractivity contribution in [3.8, 4) is 0 Å². The van der Waals surface area contributed by atoms with E-state index in [2.05, 4.69) is 41.3 Å². The lowest BCUT2D eigenvalue weighted by Crippen LogP contribution is -2.46. The van der Waals surface area contributed by atoms with Gasteiger partial charge in [-0.15, -0.1) is 24.0 Å². The third-order valence-electron chi connectivity index (χ3n) is 3.60. The Labute approximate surface area is 135 Å². The normalized spacial score (nSPS) is 21.1. The summed E-state index contributed by atoms with van der Waals surface area (Å²) in [5, 5.41) is 6.76. The van der Waals surface area contributed by atoms with E-state index < -0.39 is 0 Å². The lowest BCUT2D eigenvalue weighted by atomic mass is 9.97. The smallest absolute Gasteiger partial charge is 0.190 e. The van der Waals surface area contributed by atoms with Crippen molar-refractivity contribution in [1.82, 2.24) is 15.5 Å². The minimum absolute atomic E-state index is 0. The number of rotatable bonds is 5. The van der Waals surface area contributed by atoms with Gasteiger partial charge in [0.05, 0.1) is 0 Å². The molecule has 1 atom stereocenters. The van der Waals surface area contributed by atoms with Crippen LogP contribution in [0.15, 0.2) is 4.99 Å². The monoisotopic (exact) mass is 382 g/mol. The molecule has 19 heavy (non-hydrogen) atoms. The van der Waals surface area contributed by atoms with Crippen LogP contribution < -0.4 is 10.6 Å². The van der Waals surface area contributed by atoms with Gasteiger partial charge in [0.15, 0.2) is 5.96 Å². The molecule has 1 aliphatic rings. The molecule has 2 N–H and O–H groups in total. The maximum Gasteiger partial charge on any atom is 0.190 e. The second-order valence-corrected chi connectivity index (χ2v) is 5.48. The standard InChI is InChI=1S/C14H30N4.HI/c1-5-8-16-14(15-4)17-10-13-7-6-9-18(11-13)12(2)3;/h12-13H,5-11H2,1-4H3,(H2,15,16,17);1H. The minimum atomic E-state index is 0. The first-order valence-electron chi connectivity index (χ1n) is 7.36. The highest BCUT2D eigenvalue weighted by molar-refractivity contribution is 14.0. The molecule has 1 saturated heterocycles. The number of guanidine groups is 1. The van der Waals surface area contributed by atoms with Crippen LogP contribution in [-0.2, 0) is 0 Å². The Morgan fingerprint density at radius 1 is 1.37 bits per heavy atom. The number of nitrogens with zero attached hydrogens (tertiary/aromatic N) is 2. The molecule has 1 aliphatic heterocycles. The van der Waals surface area contributed by atoms with Gasteiger partial charge in [-0.05, 0) is 45.6 Å². The maximum atomic E-state index is 4.24. The maximum absolute atomic E-state index is 4.24. The van der Waals surface area contributed by atoms with Gasteiger partial charge in [0, 0.05) is 32.7 Å². The Morgan fingerprint density at radius 2 is 2.11 bits per heavy atom. The van der Waals surface area contributed by atoms with E-state index in [1.54, 1.807) is 0 Å². The molecule has 1 rings (SSSR count). The summed E-state index contributed by atoms with van der Waals surface area (Å²) < 4.78 is 0. The second-order valence-electron chi connectivity index (χ2n) is 5.48. The fourth-order valence-corrected chi connectivity index (χ4v) is 2.44. The number of halogens is 1. The van der Waals surface area contributed by atoms with E-state index in [9.17, 15) is 0 Å². The van der Waals surface area contributed by atoms with Gasteiger partial charge in [-0.1, -0.05) is 6.92 Å². The molecule has 1 heterocycles.